The fourth-order valence-corrected chi connectivity index (χ4v) is 2.55. The molecular weight excluding hydrogens is 296 g/mol. The molecule has 1 heterocycles. The smallest absolute Gasteiger partial charge is 0.229 e. The summed E-state index contributed by atoms with van der Waals surface area (Å²) in [4.78, 5) is 9.21. The average molecular weight is 311 g/mol. The van der Waals surface area contributed by atoms with E-state index in [1.165, 1.54) is 12.8 Å². The highest BCUT2D eigenvalue weighted by Gasteiger charge is 2.22. The van der Waals surface area contributed by atoms with Gasteiger partial charge in [-0.25, -0.2) is 4.98 Å². The van der Waals surface area contributed by atoms with Gasteiger partial charge in [-0.3, -0.25) is 0 Å². The Hall–Kier alpha value is -2.33. The summed E-state index contributed by atoms with van der Waals surface area (Å²) >= 11 is 6.02. The molecule has 3 aromatic rings. The van der Waals surface area contributed by atoms with Crippen LogP contribution >= 0.6 is 11.6 Å². The van der Waals surface area contributed by atoms with Crippen LogP contribution < -0.4 is 10.6 Å². The van der Waals surface area contributed by atoms with Crippen molar-refractivity contribution in [1.82, 2.24) is 9.97 Å². The second-order valence-electron chi connectivity index (χ2n) is 5.47. The van der Waals surface area contributed by atoms with Gasteiger partial charge in [-0.2, -0.15) is 4.98 Å². The lowest BCUT2D eigenvalue weighted by Crippen LogP contribution is -2.07. The van der Waals surface area contributed by atoms with Crippen molar-refractivity contribution in [1.29, 1.82) is 0 Å². The van der Waals surface area contributed by atoms with Crippen LogP contribution in [0.1, 0.15) is 12.8 Å². The zero-order chi connectivity index (χ0) is 14.9. The Morgan fingerprint density at radius 3 is 2.68 bits per heavy atom. The molecule has 1 fully saturated rings. The number of nitrogens with zero attached hydrogens (tertiary/aromatic N) is 2. The Bertz CT molecular complexity index is 830. The Morgan fingerprint density at radius 2 is 1.86 bits per heavy atom. The summed E-state index contributed by atoms with van der Waals surface area (Å²) in [6, 6.07) is 16.1. The SMILES string of the molecule is Clc1cccc(Nc2nc(NC3CC3)c3ccccc3n2)c1. The molecule has 110 valence electrons. The lowest BCUT2D eigenvalue weighted by Gasteiger charge is -2.11. The number of nitrogens with one attached hydrogen (secondary N) is 2. The summed E-state index contributed by atoms with van der Waals surface area (Å²) in [6.45, 7) is 0. The van der Waals surface area contributed by atoms with Crippen molar-refractivity contribution in [3.63, 3.8) is 0 Å². The molecule has 0 radical (unpaired) electrons. The van der Waals surface area contributed by atoms with Gasteiger partial charge in [0.2, 0.25) is 5.95 Å². The third-order valence-corrected chi connectivity index (χ3v) is 3.84. The largest absolute Gasteiger partial charge is 0.367 e. The van der Waals surface area contributed by atoms with E-state index in [9.17, 15) is 0 Å². The van der Waals surface area contributed by atoms with E-state index in [4.69, 9.17) is 11.6 Å². The quantitative estimate of drug-likeness (QED) is 0.739. The number of benzene rings is 2. The molecule has 5 heteroatoms. The van der Waals surface area contributed by atoms with E-state index < -0.39 is 0 Å². The maximum Gasteiger partial charge on any atom is 0.229 e. The molecule has 0 aliphatic heterocycles. The minimum absolute atomic E-state index is 0.539. The predicted molar refractivity (Wildman–Crippen MR) is 90.9 cm³/mol. The molecule has 1 saturated carbocycles. The van der Waals surface area contributed by atoms with Crippen LogP contribution in [-0.4, -0.2) is 16.0 Å². The van der Waals surface area contributed by atoms with Gasteiger partial charge in [0.15, 0.2) is 0 Å². The number of aromatic nitrogens is 2. The van der Waals surface area contributed by atoms with Crippen LogP contribution in [0.5, 0.6) is 0 Å². The van der Waals surface area contributed by atoms with Crippen LogP contribution in [0.4, 0.5) is 17.5 Å². The molecule has 2 N–H and O–H groups in total. The van der Waals surface area contributed by atoms with Crippen LogP contribution in [0.3, 0.4) is 0 Å². The molecule has 1 aliphatic rings. The molecule has 1 aromatic heterocycles. The summed E-state index contributed by atoms with van der Waals surface area (Å²) < 4.78 is 0. The normalized spacial score (nSPS) is 14.0. The molecule has 4 rings (SSSR count). The first-order valence-corrected chi connectivity index (χ1v) is 7.72. The third kappa shape index (κ3) is 2.83. The van der Waals surface area contributed by atoms with Crippen molar-refractivity contribution in [3.05, 3.63) is 53.6 Å². The van der Waals surface area contributed by atoms with Crippen LogP contribution in [0.15, 0.2) is 48.5 Å². The van der Waals surface area contributed by atoms with Gasteiger partial charge in [-0.05, 0) is 43.2 Å². The summed E-state index contributed by atoms with van der Waals surface area (Å²) in [5.74, 6) is 1.46. The van der Waals surface area contributed by atoms with Crippen LogP contribution in [0, 0.1) is 0 Å². The molecule has 0 saturated heterocycles. The molecule has 0 spiro atoms. The first-order valence-electron chi connectivity index (χ1n) is 7.34. The van der Waals surface area contributed by atoms with Crippen LogP contribution in [-0.2, 0) is 0 Å². The molecule has 0 amide bonds. The molecule has 2 aromatic carbocycles. The molecule has 0 bridgehead atoms. The number of hydrogen-bond acceptors (Lipinski definition) is 4. The molecular formula is C17H15ClN4. The number of anilines is 3. The van der Waals surface area contributed by atoms with E-state index in [2.05, 4.69) is 20.6 Å². The van der Waals surface area contributed by atoms with Crippen LogP contribution in [0.2, 0.25) is 5.02 Å². The van der Waals surface area contributed by atoms with Crippen molar-refractivity contribution in [2.45, 2.75) is 18.9 Å². The number of fused-ring (bicyclic) bond motifs is 1. The van der Waals surface area contributed by atoms with Gasteiger partial charge in [0.05, 0.1) is 5.52 Å². The maximum absolute atomic E-state index is 6.02. The summed E-state index contributed by atoms with van der Waals surface area (Å²) in [5, 5.41) is 8.43. The van der Waals surface area contributed by atoms with E-state index in [1.807, 2.05) is 48.5 Å². The predicted octanol–water partition coefficient (Wildman–Crippen LogP) is 4.60. The van der Waals surface area contributed by atoms with E-state index >= 15 is 0 Å². The molecule has 4 nitrogen and oxygen atoms in total. The fraction of sp³-hybridized carbons (Fsp3) is 0.176. The van der Waals surface area contributed by atoms with E-state index in [1.54, 1.807) is 0 Å². The monoisotopic (exact) mass is 310 g/mol. The van der Waals surface area contributed by atoms with Gasteiger partial charge in [-0.15, -0.1) is 0 Å². The molecule has 0 unspecified atom stereocenters. The Morgan fingerprint density at radius 1 is 1.00 bits per heavy atom. The van der Waals surface area contributed by atoms with Crippen molar-refractivity contribution in [2.24, 2.45) is 0 Å². The van der Waals surface area contributed by atoms with E-state index in [0.29, 0.717) is 17.0 Å². The summed E-state index contributed by atoms with van der Waals surface area (Å²) in [6.07, 6.45) is 2.41. The van der Waals surface area contributed by atoms with Gasteiger partial charge in [-0.1, -0.05) is 29.8 Å². The van der Waals surface area contributed by atoms with E-state index in [0.717, 1.165) is 22.4 Å². The van der Waals surface area contributed by atoms with Gasteiger partial charge < -0.3 is 10.6 Å². The average Bonchev–Trinajstić information content (AvgIpc) is 3.31. The minimum atomic E-state index is 0.539. The molecule has 0 atom stereocenters. The van der Waals surface area contributed by atoms with Crippen molar-refractivity contribution >= 4 is 40.0 Å². The summed E-state index contributed by atoms with van der Waals surface area (Å²) in [7, 11) is 0. The zero-order valence-corrected chi connectivity index (χ0v) is 12.6. The topological polar surface area (TPSA) is 49.8 Å². The second kappa shape index (κ2) is 5.46. The van der Waals surface area contributed by atoms with Gasteiger partial charge in [0.25, 0.3) is 0 Å². The third-order valence-electron chi connectivity index (χ3n) is 3.60. The molecule has 1 aliphatic carbocycles. The maximum atomic E-state index is 6.02. The number of para-hydroxylation sites is 1. The zero-order valence-electron chi connectivity index (χ0n) is 11.9. The first-order chi connectivity index (χ1) is 10.8. The Labute approximate surface area is 133 Å². The number of rotatable bonds is 4. The molecule has 22 heavy (non-hydrogen) atoms. The minimum Gasteiger partial charge on any atom is -0.367 e. The van der Waals surface area contributed by atoms with Crippen molar-refractivity contribution in [2.75, 3.05) is 10.6 Å². The fourth-order valence-electron chi connectivity index (χ4n) is 2.36. The summed E-state index contributed by atoms with van der Waals surface area (Å²) in [5.41, 5.74) is 1.80. The Kier molecular flexibility index (Phi) is 3.31. The highest BCUT2D eigenvalue weighted by molar-refractivity contribution is 6.30. The van der Waals surface area contributed by atoms with E-state index in [-0.39, 0.29) is 0 Å². The lowest BCUT2D eigenvalue weighted by molar-refractivity contribution is 1.11. The van der Waals surface area contributed by atoms with Crippen LogP contribution in [0.25, 0.3) is 10.9 Å². The first kappa shape index (κ1) is 13.3. The van der Waals surface area contributed by atoms with Gasteiger partial charge in [0, 0.05) is 22.1 Å². The standard InChI is InChI=1S/C17H15ClN4/c18-11-4-3-5-13(10-11)20-17-21-15-7-2-1-6-14(15)16(22-17)19-12-8-9-12/h1-7,10,12H,8-9H2,(H2,19,20,21,22). The van der Waals surface area contributed by atoms with Crippen molar-refractivity contribution in [3.8, 4) is 0 Å². The van der Waals surface area contributed by atoms with Crippen molar-refractivity contribution < 1.29 is 0 Å². The number of halogens is 1. The Balaban J connectivity index is 1.73. The highest BCUT2D eigenvalue weighted by Crippen LogP contribution is 2.29. The second-order valence-corrected chi connectivity index (χ2v) is 5.90. The lowest BCUT2D eigenvalue weighted by atomic mass is 10.2. The van der Waals surface area contributed by atoms with Gasteiger partial charge in [0.1, 0.15) is 5.82 Å². The van der Waals surface area contributed by atoms with Gasteiger partial charge >= 0.3 is 0 Å². The highest BCUT2D eigenvalue weighted by atomic mass is 35.5. The number of hydrogen-bond donors (Lipinski definition) is 2.